The molecule has 0 aliphatic rings. The van der Waals surface area contributed by atoms with Gasteiger partial charge in [0.25, 0.3) is 0 Å². The molecular formula is C18H21ClN4OS. The Balaban J connectivity index is 1.62. The molecule has 3 rings (SSSR count). The van der Waals surface area contributed by atoms with Crippen molar-refractivity contribution in [2.24, 2.45) is 4.99 Å². The second-order valence-corrected chi connectivity index (χ2v) is 7.36. The van der Waals surface area contributed by atoms with E-state index in [1.54, 1.807) is 6.07 Å². The molecule has 1 aromatic carbocycles. The van der Waals surface area contributed by atoms with Gasteiger partial charge in [-0.25, -0.2) is 4.99 Å². The van der Waals surface area contributed by atoms with Crippen molar-refractivity contribution in [2.45, 2.75) is 19.6 Å². The zero-order valence-corrected chi connectivity index (χ0v) is 15.5. The van der Waals surface area contributed by atoms with E-state index in [9.17, 15) is 5.11 Å². The van der Waals surface area contributed by atoms with Gasteiger partial charge in [-0.2, -0.15) is 0 Å². The summed E-state index contributed by atoms with van der Waals surface area (Å²) in [5, 5.41) is 17.8. The Hall–Kier alpha value is -2.02. The molecule has 2 heterocycles. The first kappa shape index (κ1) is 17.8. The second kappa shape index (κ2) is 8.38. The van der Waals surface area contributed by atoms with Crippen molar-refractivity contribution in [3.8, 4) is 0 Å². The van der Waals surface area contributed by atoms with Gasteiger partial charge >= 0.3 is 0 Å². The molecule has 0 aliphatic carbocycles. The SMILES string of the molecule is CCNC(=NCc1cc2ccccc2[nH]1)NCC(O)c1ccc(Cl)s1. The van der Waals surface area contributed by atoms with Crippen molar-refractivity contribution in [3.05, 3.63) is 57.4 Å². The lowest BCUT2D eigenvalue weighted by molar-refractivity contribution is 0.184. The molecule has 25 heavy (non-hydrogen) atoms. The van der Waals surface area contributed by atoms with Gasteiger partial charge in [0.1, 0.15) is 6.10 Å². The zero-order valence-electron chi connectivity index (χ0n) is 13.9. The van der Waals surface area contributed by atoms with E-state index in [-0.39, 0.29) is 0 Å². The van der Waals surface area contributed by atoms with Gasteiger partial charge in [0.2, 0.25) is 0 Å². The Morgan fingerprint density at radius 2 is 2.12 bits per heavy atom. The molecule has 0 amide bonds. The van der Waals surface area contributed by atoms with E-state index in [2.05, 4.69) is 38.8 Å². The number of nitrogens with zero attached hydrogens (tertiary/aromatic N) is 1. The molecule has 0 radical (unpaired) electrons. The minimum Gasteiger partial charge on any atom is -0.386 e. The summed E-state index contributed by atoms with van der Waals surface area (Å²) in [5.74, 6) is 0.669. The molecule has 7 heteroatoms. The Labute approximate surface area is 155 Å². The highest BCUT2D eigenvalue weighted by atomic mass is 35.5. The van der Waals surface area contributed by atoms with Gasteiger partial charge in [0, 0.05) is 29.2 Å². The van der Waals surface area contributed by atoms with Gasteiger partial charge in [-0.05, 0) is 36.6 Å². The van der Waals surface area contributed by atoms with E-state index >= 15 is 0 Å². The number of rotatable bonds is 6. The maximum absolute atomic E-state index is 10.2. The van der Waals surface area contributed by atoms with E-state index in [1.165, 1.54) is 16.7 Å². The van der Waals surface area contributed by atoms with Crippen LogP contribution >= 0.6 is 22.9 Å². The van der Waals surface area contributed by atoms with Gasteiger partial charge in [-0.15, -0.1) is 11.3 Å². The monoisotopic (exact) mass is 376 g/mol. The number of hydrogen-bond donors (Lipinski definition) is 4. The Kier molecular flexibility index (Phi) is 5.96. The standard InChI is InChI=1S/C18H21ClN4OS/c1-2-20-18(22-11-15(24)16-7-8-17(19)25-16)21-10-13-9-12-5-3-4-6-14(12)23-13/h3-9,15,23-24H,2,10-11H2,1H3,(H2,20,21,22). The summed E-state index contributed by atoms with van der Waals surface area (Å²) < 4.78 is 0.674. The van der Waals surface area contributed by atoms with Crippen molar-refractivity contribution in [1.29, 1.82) is 0 Å². The Bertz CT molecular complexity index is 825. The number of aromatic amines is 1. The number of aliphatic hydroxyl groups excluding tert-OH is 1. The number of aliphatic hydroxyl groups is 1. The summed E-state index contributed by atoms with van der Waals surface area (Å²) in [6.07, 6.45) is -0.616. The summed E-state index contributed by atoms with van der Waals surface area (Å²) in [5.41, 5.74) is 2.15. The van der Waals surface area contributed by atoms with Crippen LogP contribution in [0.2, 0.25) is 4.34 Å². The summed E-state index contributed by atoms with van der Waals surface area (Å²) in [6, 6.07) is 13.9. The van der Waals surface area contributed by atoms with E-state index < -0.39 is 6.10 Å². The fraction of sp³-hybridized carbons (Fsp3) is 0.278. The van der Waals surface area contributed by atoms with Gasteiger partial charge in [-0.3, -0.25) is 0 Å². The number of fused-ring (bicyclic) bond motifs is 1. The van der Waals surface area contributed by atoms with Crippen LogP contribution in [0.4, 0.5) is 0 Å². The highest BCUT2D eigenvalue weighted by Crippen LogP contribution is 2.26. The van der Waals surface area contributed by atoms with Crippen LogP contribution in [0, 0.1) is 0 Å². The average molecular weight is 377 g/mol. The first-order chi connectivity index (χ1) is 12.2. The number of hydrogen-bond acceptors (Lipinski definition) is 3. The minimum absolute atomic E-state index is 0.370. The lowest BCUT2D eigenvalue weighted by Gasteiger charge is -2.14. The number of para-hydroxylation sites is 1. The van der Waals surface area contributed by atoms with Crippen LogP contribution in [0.1, 0.15) is 23.6 Å². The number of aromatic nitrogens is 1. The predicted octanol–water partition coefficient (Wildman–Crippen LogP) is 3.67. The van der Waals surface area contributed by atoms with Crippen LogP contribution in [0.3, 0.4) is 0 Å². The third kappa shape index (κ3) is 4.75. The number of nitrogens with one attached hydrogen (secondary N) is 3. The van der Waals surface area contributed by atoms with Crippen molar-refractivity contribution < 1.29 is 5.11 Å². The third-order valence-electron chi connectivity index (χ3n) is 3.72. The van der Waals surface area contributed by atoms with Crippen molar-refractivity contribution in [3.63, 3.8) is 0 Å². The molecule has 1 unspecified atom stereocenters. The molecule has 2 aromatic heterocycles. The van der Waals surface area contributed by atoms with Gasteiger partial charge < -0.3 is 20.7 Å². The van der Waals surface area contributed by atoms with E-state index in [0.717, 1.165) is 22.6 Å². The number of thiophene rings is 1. The van der Waals surface area contributed by atoms with Crippen LogP contribution in [0.25, 0.3) is 10.9 Å². The Morgan fingerprint density at radius 1 is 1.28 bits per heavy atom. The summed E-state index contributed by atoms with van der Waals surface area (Å²) in [7, 11) is 0. The normalized spacial score (nSPS) is 13.2. The molecule has 1 atom stereocenters. The molecule has 4 N–H and O–H groups in total. The van der Waals surface area contributed by atoms with Crippen molar-refractivity contribution in [2.75, 3.05) is 13.1 Å². The molecule has 0 saturated heterocycles. The molecule has 3 aromatic rings. The number of guanidine groups is 1. The van der Waals surface area contributed by atoms with Gasteiger partial charge in [0.15, 0.2) is 5.96 Å². The highest BCUT2D eigenvalue weighted by molar-refractivity contribution is 7.16. The van der Waals surface area contributed by atoms with Crippen LogP contribution in [-0.2, 0) is 6.54 Å². The Morgan fingerprint density at radius 3 is 2.84 bits per heavy atom. The summed E-state index contributed by atoms with van der Waals surface area (Å²) in [6.45, 7) is 3.66. The summed E-state index contributed by atoms with van der Waals surface area (Å²) in [4.78, 5) is 8.78. The fourth-order valence-electron chi connectivity index (χ4n) is 2.53. The zero-order chi connectivity index (χ0) is 17.6. The van der Waals surface area contributed by atoms with E-state index in [1.807, 2.05) is 25.1 Å². The average Bonchev–Trinajstić information content (AvgIpc) is 3.22. The summed E-state index contributed by atoms with van der Waals surface area (Å²) >= 11 is 7.30. The first-order valence-electron chi connectivity index (χ1n) is 8.18. The number of benzene rings is 1. The maximum Gasteiger partial charge on any atom is 0.191 e. The van der Waals surface area contributed by atoms with E-state index in [0.29, 0.717) is 23.4 Å². The lowest BCUT2D eigenvalue weighted by atomic mass is 10.2. The molecule has 0 saturated carbocycles. The number of H-pyrrole nitrogens is 1. The molecule has 132 valence electrons. The topological polar surface area (TPSA) is 72.4 Å². The van der Waals surface area contributed by atoms with Gasteiger partial charge in [-0.1, -0.05) is 29.8 Å². The van der Waals surface area contributed by atoms with E-state index in [4.69, 9.17) is 11.6 Å². The predicted molar refractivity (Wildman–Crippen MR) is 105 cm³/mol. The molecular weight excluding hydrogens is 356 g/mol. The molecule has 0 fully saturated rings. The lowest BCUT2D eigenvalue weighted by Crippen LogP contribution is -2.39. The molecule has 0 spiro atoms. The molecule has 0 bridgehead atoms. The van der Waals surface area contributed by atoms with Gasteiger partial charge in [0.05, 0.1) is 10.9 Å². The first-order valence-corrected chi connectivity index (χ1v) is 9.37. The second-order valence-electron chi connectivity index (χ2n) is 5.62. The number of aliphatic imine (C=N–C) groups is 1. The fourth-order valence-corrected chi connectivity index (χ4v) is 3.57. The molecule has 0 aliphatic heterocycles. The van der Waals surface area contributed by atoms with Crippen LogP contribution < -0.4 is 10.6 Å². The number of halogens is 1. The van der Waals surface area contributed by atoms with Crippen LogP contribution in [0.15, 0.2) is 47.5 Å². The largest absolute Gasteiger partial charge is 0.386 e. The van der Waals surface area contributed by atoms with Crippen molar-refractivity contribution >= 4 is 39.8 Å². The maximum atomic E-state index is 10.2. The minimum atomic E-state index is -0.616. The quantitative estimate of drug-likeness (QED) is 0.392. The highest BCUT2D eigenvalue weighted by Gasteiger charge is 2.11. The smallest absolute Gasteiger partial charge is 0.191 e. The molecule has 5 nitrogen and oxygen atoms in total. The third-order valence-corrected chi connectivity index (χ3v) is 5.06. The van der Waals surface area contributed by atoms with Crippen molar-refractivity contribution in [1.82, 2.24) is 15.6 Å². The van der Waals surface area contributed by atoms with Crippen LogP contribution in [-0.4, -0.2) is 29.1 Å². The van der Waals surface area contributed by atoms with Crippen LogP contribution in [0.5, 0.6) is 0 Å².